The van der Waals surface area contributed by atoms with Gasteiger partial charge in [-0.15, -0.1) is 0 Å². The Morgan fingerprint density at radius 2 is 0.470 bits per heavy atom. The average molecular weight is 1150 g/mol. The average Bonchev–Trinajstić information content (AvgIpc) is 3.49. The minimum absolute atomic E-state index is 0.0866. The van der Waals surface area contributed by atoms with Gasteiger partial charge in [-0.2, -0.15) is 0 Å². The summed E-state index contributed by atoms with van der Waals surface area (Å²) in [4.78, 5) is 38.4. The van der Waals surface area contributed by atoms with Crippen molar-refractivity contribution in [3.63, 3.8) is 0 Å². The monoisotopic (exact) mass is 1150 g/mol. The molecular weight excluding hydrogens is 1020 g/mol. The molecule has 0 spiro atoms. The first-order valence-electron chi connectivity index (χ1n) is 34.7. The Kier molecular flexibility index (Phi) is 66.3. The van der Waals surface area contributed by atoms with Crippen molar-refractivity contribution >= 4 is 17.9 Å². The molecule has 0 saturated heterocycles. The Hall–Kier alpha value is -4.45. The first-order valence-corrected chi connectivity index (χ1v) is 34.7. The highest BCUT2D eigenvalue weighted by Crippen LogP contribution is 2.16. The maximum atomic E-state index is 12.9. The maximum absolute atomic E-state index is 12.9. The van der Waals surface area contributed by atoms with Gasteiger partial charge in [0.25, 0.3) is 0 Å². The Labute approximate surface area is 513 Å². The van der Waals surface area contributed by atoms with E-state index in [2.05, 4.69) is 154 Å². The van der Waals surface area contributed by atoms with Crippen LogP contribution in [0.1, 0.15) is 316 Å². The third-order valence-electron chi connectivity index (χ3n) is 14.6. The quantitative estimate of drug-likeness (QED) is 0.0261. The van der Waals surface area contributed by atoms with Crippen molar-refractivity contribution in [2.45, 2.75) is 322 Å². The summed E-state index contributed by atoms with van der Waals surface area (Å²) in [6.07, 6.45) is 98.9. The zero-order valence-electron chi connectivity index (χ0n) is 54.2. The summed E-state index contributed by atoms with van der Waals surface area (Å²) in [6.45, 7) is 6.50. The maximum Gasteiger partial charge on any atom is 0.306 e. The van der Waals surface area contributed by atoms with E-state index in [1.54, 1.807) is 0 Å². The van der Waals surface area contributed by atoms with E-state index in [4.69, 9.17) is 14.2 Å². The van der Waals surface area contributed by atoms with Crippen molar-refractivity contribution in [1.29, 1.82) is 0 Å². The van der Waals surface area contributed by atoms with Gasteiger partial charge in [-0.05, 0) is 122 Å². The Morgan fingerprint density at radius 3 is 0.759 bits per heavy atom. The molecule has 0 N–H and O–H groups in total. The van der Waals surface area contributed by atoms with Crippen LogP contribution in [0.25, 0.3) is 0 Å². The van der Waals surface area contributed by atoms with Gasteiger partial charge in [0.15, 0.2) is 6.10 Å². The minimum atomic E-state index is -0.793. The van der Waals surface area contributed by atoms with Gasteiger partial charge in [0.05, 0.1) is 0 Å². The molecule has 0 aliphatic heterocycles. The summed E-state index contributed by atoms with van der Waals surface area (Å²) in [5.41, 5.74) is 0. The van der Waals surface area contributed by atoms with E-state index in [-0.39, 0.29) is 31.1 Å². The Morgan fingerprint density at radius 1 is 0.253 bits per heavy atom. The molecule has 1 unspecified atom stereocenters. The van der Waals surface area contributed by atoms with E-state index in [1.165, 1.54) is 128 Å². The summed E-state index contributed by atoms with van der Waals surface area (Å²) >= 11 is 0. The van der Waals surface area contributed by atoms with E-state index < -0.39 is 6.10 Å². The molecule has 0 saturated carbocycles. The number of esters is 3. The van der Waals surface area contributed by atoms with Crippen molar-refractivity contribution in [2.24, 2.45) is 0 Å². The predicted octanol–water partition coefficient (Wildman–Crippen LogP) is 24.1. The minimum Gasteiger partial charge on any atom is -0.462 e. The topological polar surface area (TPSA) is 78.9 Å². The smallest absolute Gasteiger partial charge is 0.306 e. The van der Waals surface area contributed by atoms with Gasteiger partial charge < -0.3 is 14.2 Å². The first-order chi connectivity index (χ1) is 41.0. The molecule has 83 heavy (non-hydrogen) atoms. The number of rotatable bonds is 62. The number of hydrogen-bond donors (Lipinski definition) is 0. The molecule has 6 heteroatoms. The Balaban J connectivity index is 4.29. The van der Waals surface area contributed by atoms with Crippen LogP contribution in [0.2, 0.25) is 0 Å². The zero-order valence-corrected chi connectivity index (χ0v) is 54.2. The molecule has 0 aliphatic rings. The number of carbonyl (C=O) groups is 3. The van der Waals surface area contributed by atoms with Gasteiger partial charge in [0.1, 0.15) is 13.2 Å². The highest BCUT2D eigenvalue weighted by atomic mass is 16.6. The van der Waals surface area contributed by atoms with Crippen LogP contribution in [0.5, 0.6) is 0 Å². The van der Waals surface area contributed by atoms with Crippen LogP contribution in [0.3, 0.4) is 0 Å². The second-order valence-electron chi connectivity index (χ2n) is 22.7. The molecule has 0 aromatic rings. The van der Waals surface area contributed by atoms with Crippen molar-refractivity contribution in [3.05, 3.63) is 134 Å². The number of allylic oxidation sites excluding steroid dienone is 22. The summed E-state index contributed by atoms with van der Waals surface area (Å²) in [6, 6.07) is 0. The molecule has 0 rings (SSSR count). The Bertz CT molecular complexity index is 1750. The standard InChI is InChI=1S/C77H128O6/c1-4-7-10-13-16-19-22-25-28-29-30-31-32-33-34-35-36-37-38-39-40-41-42-43-44-45-46-47-50-52-55-58-61-64-67-70-76(79)82-73-74(83-77(80)71-68-65-62-59-56-53-49-27-24-21-18-15-12-9-6-3)72-81-75(78)69-66-63-60-57-54-51-48-26-23-20-17-14-11-8-5-2/h7,10,16,18-19,21,25,27-28,30-31,33-34,36-37,39-40,42-43,45-46,49,74H,4-6,8-9,11-15,17,20,22-24,26,29,32,35,38,41,44,47-48,50-73H2,1-3H3/b10-7-,19-16-,21-18-,28-25-,31-30-,34-33-,37-36-,40-39-,43-42-,46-45-,49-27-. The van der Waals surface area contributed by atoms with Gasteiger partial charge >= 0.3 is 17.9 Å². The number of hydrogen-bond acceptors (Lipinski definition) is 6. The SMILES string of the molecule is CC/C=C\C/C=C\C/C=C\C/C=C\C/C=C\C/C=C\C/C=C\C/C=C\C/C=C\CCCCCCCCCC(=O)OCC(COC(=O)CCCCCCCCCCCCCCCCC)OC(=O)CCCCCCC/C=C\C/C=C\CCCCC. The molecule has 0 heterocycles. The summed E-state index contributed by atoms with van der Waals surface area (Å²) in [7, 11) is 0. The van der Waals surface area contributed by atoms with Crippen LogP contribution < -0.4 is 0 Å². The van der Waals surface area contributed by atoms with Gasteiger partial charge in [-0.25, -0.2) is 0 Å². The molecule has 0 fully saturated rings. The second kappa shape index (κ2) is 70.0. The van der Waals surface area contributed by atoms with E-state index in [9.17, 15) is 14.4 Å². The summed E-state index contributed by atoms with van der Waals surface area (Å²) in [5.74, 6) is -0.904. The second-order valence-corrected chi connectivity index (χ2v) is 22.7. The fourth-order valence-corrected chi connectivity index (χ4v) is 9.47. The van der Waals surface area contributed by atoms with Crippen molar-refractivity contribution in [1.82, 2.24) is 0 Å². The van der Waals surface area contributed by atoms with Crippen LogP contribution in [-0.4, -0.2) is 37.2 Å². The number of ether oxygens (including phenoxy) is 3. The molecule has 0 aliphatic carbocycles. The van der Waals surface area contributed by atoms with Crippen molar-refractivity contribution in [3.8, 4) is 0 Å². The molecule has 1 atom stereocenters. The van der Waals surface area contributed by atoms with Crippen LogP contribution in [0.4, 0.5) is 0 Å². The van der Waals surface area contributed by atoms with E-state index in [1.807, 2.05) is 0 Å². The molecule has 472 valence electrons. The molecule has 0 amide bonds. The predicted molar refractivity (Wildman–Crippen MR) is 362 cm³/mol. The lowest BCUT2D eigenvalue weighted by Crippen LogP contribution is -2.30. The number of unbranched alkanes of at least 4 members (excludes halogenated alkanes) is 29. The fourth-order valence-electron chi connectivity index (χ4n) is 9.47. The highest BCUT2D eigenvalue weighted by Gasteiger charge is 2.19. The van der Waals surface area contributed by atoms with Crippen molar-refractivity contribution in [2.75, 3.05) is 13.2 Å². The normalized spacial score (nSPS) is 13.0. The summed E-state index contributed by atoms with van der Waals surface area (Å²) in [5, 5.41) is 0. The lowest BCUT2D eigenvalue weighted by molar-refractivity contribution is -0.167. The van der Waals surface area contributed by atoms with Gasteiger partial charge in [0, 0.05) is 19.3 Å². The van der Waals surface area contributed by atoms with Gasteiger partial charge in [-0.3, -0.25) is 14.4 Å². The van der Waals surface area contributed by atoms with Crippen molar-refractivity contribution < 1.29 is 28.6 Å². The number of carbonyl (C=O) groups excluding carboxylic acids is 3. The first kappa shape index (κ1) is 78.5. The molecular formula is C77H128O6. The largest absolute Gasteiger partial charge is 0.462 e. The fraction of sp³-hybridized carbons (Fsp3) is 0.675. The molecule has 0 bridgehead atoms. The highest BCUT2D eigenvalue weighted by molar-refractivity contribution is 5.71. The lowest BCUT2D eigenvalue weighted by atomic mass is 10.0. The third-order valence-corrected chi connectivity index (χ3v) is 14.6. The van der Waals surface area contributed by atoms with Crippen LogP contribution in [-0.2, 0) is 28.6 Å². The molecule has 0 aromatic carbocycles. The zero-order chi connectivity index (χ0) is 59.9. The molecule has 0 radical (unpaired) electrons. The van der Waals surface area contributed by atoms with Crippen LogP contribution in [0, 0.1) is 0 Å². The summed E-state index contributed by atoms with van der Waals surface area (Å²) < 4.78 is 16.9. The van der Waals surface area contributed by atoms with E-state index in [0.717, 1.165) is 148 Å². The van der Waals surface area contributed by atoms with Crippen LogP contribution >= 0.6 is 0 Å². The van der Waals surface area contributed by atoms with Crippen LogP contribution in [0.15, 0.2) is 134 Å². The molecule has 0 aromatic heterocycles. The van der Waals surface area contributed by atoms with Gasteiger partial charge in [0.2, 0.25) is 0 Å². The van der Waals surface area contributed by atoms with Gasteiger partial charge in [-0.1, -0.05) is 309 Å². The molecule has 6 nitrogen and oxygen atoms in total. The van der Waals surface area contributed by atoms with E-state index in [0.29, 0.717) is 19.3 Å². The van der Waals surface area contributed by atoms with E-state index >= 15 is 0 Å². The lowest BCUT2D eigenvalue weighted by Gasteiger charge is -2.18. The third kappa shape index (κ3) is 68.2.